The molecule has 1 unspecified atom stereocenters. The lowest BCUT2D eigenvalue weighted by molar-refractivity contribution is -0.137. The first-order chi connectivity index (χ1) is 10.1. The van der Waals surface area contributed by atoms with Gasteiger partial charge in [0.15, 0.2) is 0 Å². The molecule has 1 aliphatic heterocycles. The smallest absolute Gasteiger partial charge is 0.226 e. The van der Waals surface area contributed by atoms with Crippen LogP contribution in [0.4, 0.5) is 0 Å². The molecule has 1 aromatic carbocycles. The summed E-state index contributed by atoms with van der Waals surface area (Å²) in [5.41, 5.74) is 1.26. The second-order valence-electron chi connectivity index (χ2n) is 5.71. The molecule has 0 aromatic heterocycles. The molecular formula is C17H26BrClN2O. The number of piperidine rings is 1. The highest BCUT2D eigenvalue weighted by Crippen LogP contribution is 2.21. The Labute approximate surface area is 149 Å². The molecule has 0 spiro atoms. The van der Waals surface area contributed by atoms with E-state index in [1.807, 2.05) is 17.0 Å². The van der Waals surface area contributed by atoms with E-state index in [9.17, 15) is 4.79 Å². The number of nitrogens with zero attached hydrogens (tertiary/aromatic N) is 2. The Morgan fingerprint density at radius 3 is 2.50 bits per heavy atom. The van der Waals surface area contributed by atoms with E-state index in [0.29, 0.717) is 5.91 Å². The highest BCUT2D eigenvalue weighted by molar-refractivity contribution is 8.93. The summed E-state index contributed by atoms with van der Waals surface area (Å²) >= 11 is 5.92. The fraction of sp³-hybridized carbons (Fsp3) is 0.588. The standard InChI is InChI=1S/C17H25ClN2O.BrH/c1-3-20(4-2)17(21)15-6-5-11-19(13-15)12-14-7-9-16(18)10-8-14;/h7-10,15H,3-6,11-13H2,1-2H3;1H. The van der Waals surface area contributed by atoms with Crippen molar-refractivity contribution in [3.05, 3.63) is 34.9 Å². The second kappa shape index (κ2) is 9.53. The Hall–Kier alpha value is -0.580. The van der Waals surface area contributed by atoms with Crippen LogP contribution in [-0.2, 0) is 11.3 Å². The van der Waals surface area contributed by atoms with Gasteiger partial charge in [0.05, 0.1) is 5.92 Å². The molecule has 1 heterocycles. The van der Waals surface area contributed by atoms with E-state index in [0.717, 1.165) is 50.6 Å². The van der Waals surface area contributed by atoms with Crippen LogP contribution < -0.4 is 0 Å². The molecule has 1 amide bonds. The summed E-state index contributed by atoms with van der Waals surface area (Å²) in [7, 11) is 0. The summed E-state index contributed by atoms with van der Waals surface area (Å²) in [4.78, 5) is 16.8. The van der Waals surface area contributed by atoms with Crippen LogP contribution in [0.1, 0.15) is 32.3 Å². The van der Waals surface area contributed by atoms with Gasteiger partial charge in [-0.2, -0.15) is 0 Å². The number of benzene rings is 1. The molecule has 1 fully saturated rings. The van der Waals surface area contributed by atoms with E-state index in [-0.39, 0.29) is 22.9 Å². The van der Waals surface area contributed by atoms with Crippen LogP contribution in [0.5, 0.6) is 0 Å². The van der Waals surface area contributed by atoms with Gasteiger partial charge in [-0.05, 0) is 50.9 Å². The minimum atomic E-state index is 0. The Morgan fingerprint density at radius 2 is 1.91 bits per heavy atom. The first-order valence-corrected chi connectivity index (χ1v) is 8.27. The van der Waals surface area contributed by atoms with Gasteiger partial charge in [0.1, 0.15) is 0 Å². The van der Waals surface area contributed by atoms with Gasteiger partial charge in [-0.1, -0.05) is 23.7 Å². The van der Waals surface area contributed by atoms with Crippen LogP contribution in [0.15, 0.2) is 24.3 Å². The van der Waals surface area contributed by atoms with Gasteiger partial charge in [0.2, 0.25) is 5.91 Å². The number of carbonyl (C=O) groups is 1. The highest BCUT2D eigenvalue weighted by atomic mass is 79.9. The van der Waals surface area contributed by atoms with Gasteiger partial charge < -0.3 is 4.90 Å². The van der Waals surface area contributed by atoms with Crippen molar-refractivity contribution in [2.75, 3.05) is 26.2 Å². The summed E-state index contributed by atoms with van der Waals surface area (Å²) in [6.07, 6.45) is 2.12. The molecule has 0 saturated carbocycles. The molecule has 22 heavy (non-hydrogen) atoms. The first kappa shape index (κ1) is 19.5. The van der Waals surface area contributed by atoms with Crippen molar-refractivity contribution in [1.82, 2.24) is 9.80 Å². The normalized spacial score (nSPS) is 18.6. The third-order valence-corrected chi connectivity index (χ3v) is 4.50. The van der Waals surface area contributed by atoms with E-state index in [1.54, 1.807) is 0 Å². The second-order valence-corrected chi connectivity index (χ2v) is 6.15. The van der Waals surface area contributed by atoms with Crippen LogP contribution >= 0.6 is 28.6 Å². The summed E-state index contributed by atoms with van der Waals surface area (Å²) < 4.78 is 0. The van der Waals surface area contributed by atoms with Crippen molar-refractivity contribution in [3.63, 3.8) is 0 Å². The number of hydrogen-bond donors (Lipinski definition) is 0. The van der Waals surface area contributed by atoms with Gasteiger partial charge in [0.25, 0.3) is 0 Å². The molecule has 3 nitrogen and oxygen atoms in total. The van der Waals surface area contributed by atoms with Crippen molar-refractivity contribution in [1.29, 1.82) is 0 Å². The van der Waals surface area contributed by atoms with Crippen molar-refractivity contribution < 1.29 is 4.79 Å². The Balaban J connectivity index is 0.00000242. The molecule has 0 N–H and O–H groups in total. The van der Waals surface area contributed by atoms with Crippen LogP contribution in [-0.4, -0.2) is 41.9 Å². The third-order valence-electron chi connectivity index (χ3n) is 4.25. The molecule has 0 radical (unpaired) electrons. The lowest BCUT2D eigenvalue weighted by Crippen LogP contribution is -2.44. The first-order valence-electron chi connectivity index (χ1n) is 7.89. The Bertz CT molecular complexity index is 462. The fourth-order valence-electron chi connectivity index (χ4n) is 3.04. The predicted octanol–water partition coefficient (Wildman–Crippen LogP) is 4.00. The van der Waals surface area contributed by atoms with Gasteiger partial charge >= 0.3 is 0 Å². The van der Waals surface area contributed by atoms with Gasteiger partial charge in [0, 0.05) is 31.2 Å². The van der Waals surface area contributed by atoms with Crippen molar-refractivity contribution in [2.24, 2.45) is 5.92 Å². The minimum Gasteiger partial charge on any atom is -0.343 e. The van der Waals surface area contributed by atoms with E-state index in [2.05, 4.69) is 30.9 Å². The quantitative estimate of drug-likeness (QED) is 0.760. The zero-order valence-electron chi connectivity index (χ0n) is 13.4. The lowest BCUT2D eigenvalue weighted by Gasteiger charge is -2.34. The van der Waals surface area contributed by atoms with E-state index in [4.69, 9.17) is 11.6 Å². The van der Waals surface area contributed by atoms with E-state index >= 15 is 0 Å². The zero-order chi connectivity index (χ0) is 15.2. The lowest BCUT2D eigenvalue weighted by atomic mass is 9.96. The zero-order valence-corrected chi connectivity index (χ0v) is 15.9. The molecular weight excluding hydrogens is 364 g/mol. The van der Waals surface area contributed by atoms with Crippen molar-refractivity contribution in [3.8, 4) is 0 Å². The predicted molar refractivity (Wildman–Crippen MR) is 97.7 cm³/mol. The Kier molecular flexibility index (Phi) is 8.44. The maximum atomic E-state index is 12.5. The third kappa shape index (κ3) is 5.25. The van der Waals surface area contributed by atoms with Crippen LogP contribution in [0.2, 0.25) is 5.02 Å². The van der Waals surface area contributed by atoms with Gasteiger partial charge in [-0.3, -0.25) is 9.69 Å². The van der Waals surface area contributed by atoms with Crippen LogP contribution in [0.25, 0.3) is 0 Å². The Morgan fingerprint density at radius 1 is 1.27 bits per heavy atom. The number of rotatable bonds is 5. The number of halogens is 2. The van der Waals surface area contributed by atoms with Crippen molar-refractivity contribution >= 4 is 34.5 Å². The molecule has 1 aliphatic rings. The molecule has 2 rings (SSSR count). The maximum absolute atomic E-state index is 12.5. The van der Waals surface area contributed by atoms with Gasteiger partial charge in [-0.15, -0.1) is 17.0 Å². The number of hydrogen-bond acceptors (Lipinski definition) is 2. The monoisotopic (exact) mass is 388 g/mol. The number of carbonyl (C=O) groups excluding carboxylic acids is 1. The largest absolute Gasteiger partial charge is 0.343 e. The van der Waals surface area contributed by atoms with E-state index in [1.165, 1.54) is 5.56 Å². The highest BCUT2D eigenvalue weighted by Gasteiger charge is 2.28. The van der Waals surface area contributed by atoms with E-state index < -0.39 is 0 Å². The summed E-state index contributed by atoms with van der Waals surface area (Å²) in [5, 5.41) is 0.770. The minimum absolute atomic E-state index is 0. The summed E-state index contributed by atoms with van der Waals surface area (Å²) in [6, 6.07) is 8.00. The molecule has 0 aliphatic carbocycles. The molecule has 124 valence electrons. The fourth-order valence-corrected chi connectivity index (χ4v) is 3.17. The maximum Gasteiger partial charge on any atom is 0.226 e. The number of amides is 1. The van der Waals surface area contributed by atoms with Crippen LogP contribution in [0, 0.1) is 5.92 Å². The average molecular weight is 390 g/mol. The van der Waals surface area contributed by atoms with Crippen molar-refractivity contribution in [2.45, 2.75) is 33.2 Å². The number of likely N-dealkylation sites (tertiary alicyclic amines) is 1. The molecule has 1 aromatic rings. The topological polar surface area (TPSA) is 23.6 Å². The SMILES string of the molecule is Br.CCN(CC)C(=O)C1CCCN(Cc2ccc(Cl)cc2)C1. The molecule has 0 bridgehead atoms. The summed E-state index contributed by atoms with van der Waals surface area (Å²) in [6.45, 7) is 8.57. The molecule has 5 heteroatoms. The molecule has 1 saturated heterocycles. The molecule has 1 atom stereocenters. The van der Waals surface area contributed by atoms with Gasteiger partial charge in [-0.25, -0.2) is 0 Å². The van der Waals surface area contributed by atoms with Crippen LogP contribution in [0.3, 0.4) is 0 Å². The average Bonchev–Trinajstić information content (AvgIpc) is 2.51. The summed E-state index contributed by atoms with van der Waals surface area (Å²) in [5.74, 6) is 0.478.